The number of nitrogens with one attached hydrogen (secondary N) is 1. The minimum atomic E-state index is -4.53. The van der Waals surface area contributed by atoms with Crippen molar-refractivity contribution in [3.63, 3.8) is 0 Å². The zero-order valence-corrected chi connectivity index (χ0v) is 15.8. The van der Waals surface area contributed by atoms with Gasteiger partial charge in [0.25, 0.3) is 5.91 Å². The summed E-state index contributed by atoms with van der Waals surface area (Å²) >= 11 is 5.88. The lowest BCUT2D eigenvalue weighted by Gasteiger charge is -2.20. The Bertz CT molecular complexity index is 915. The Labute approximate surface area is 165 Å². The number of halogens is 4. The van der Waals surface area contributed by atoms with Gasteiger partial charge < -0.3 is 10.2 Å². The van der Waals surface area contributed by atoms with Gasteiger partial charge in [-0.2, -0.15) is 13.2 Å². The summed E-state index contributed by atoms with van der Waals surface area (Å²) in [7, 11) is 0. The third kappa shape index (κ3) is 4.30. The standard InChI is InChI=1S/C20H18ClF3N2O2/c1-12(13-4-2-5-15(10-13)26-9-3-6-18(26)27)25-19(28)16-8-7-14(11-17(16)21)20(22,23)24/h2,4-5,7-8,10-12H,3,6,9H2,1H3,(H,25,28). The smallest absolute Gasteiger partial charge is 0.345 e. The molecule has 1 saturated heterocycles. The van der Waals surface area contributed by atoms with E-state index in [1.54, 1.807) is 17.9 Å². The van der Waals surface area contributed by atoms with Crippen LogP contribution in [0.1, 0.15) is 47.3 Å². The molecule has 0 saturated carbocycles. The molecule has 3 rings (SSSR count). The molecule has 28 heavy (non-hydrogen) atoms. The van der Waals surface area contributed by atoms with Gasteiger partial charge in [-0.3, -0.25) is 9.59 Å². The lowest BCUT2D eigenvalue weighted by Crippen LogP contribution is -2.28. The zero-order chi connectivity index (χ0) is 20.5. The van der Waals surface area contributed by atoms with Crippen LogP contribution in [0.3, 0.4) is 0 Å². The Morgan fingerprint density at radius 3 is 2.57 bits per heavy atom. The van der Waals surface area contributed by atoms with Gasteiger partial charge in [-0.05, 0) is 49.2 Å². The minimum Gasteiger partial charge on any atom is -0.345 e. The molecule has 0 aliphatic carbocycles. The molecule has 0 radical (unpaired) electrons. The lowest BCUT2D eigenvalue weighted by atomic mass is 10.1. The number of nitrogens with zero attached hydrogens (tertiary/aromatic N) is 1. The molecule has 8 heteroatoms. The zero-order valence-electron chi connectivity index (χ0n) is 15.0. The minimum absolute atomic E-state index is 0.0348. The maximum atomic E-state index is 12.7. The second-order valence-corrected chi connectivity index (χ2v) is 7.04. The summed E-state index contributed by atoms with van der Waals surface area (Å²) in [6.07, 6.45) is -3.20. The van der Waals surface area contributed by atoms with Crippen molar-refractivity contribution in [1.29, 1.82) is 0 Å². The van der Waals surface area contributed by atoms with Gasteiger partial charge in [-0.15, -0.1) is 0 Å². The molecular formula is C20H18ClF3N2O2. The Kier molecular flexibility index (Phi) is 5.65. The van der Waals surface area contributed by atoms with E-state index in [1.165, 1.54) is 0 Å². The van der Waals surface area contributed by atoms with E-state index in [-0.39, 0.29) is 16.5 Å². The fourth-order valence-electron chi connectivity index (χ4n) is 3.12. The summed E-state index contributed by atoms with van der Waals surface area (Å²) in [5, 5.41) is 2.46. The molecule has 148 valence electrons. The van der Waals surface area contributed by atoms with E-state index in [2.05, 4.69) is 5.32 Å². The van der Waals surface area contributed by atoms with Crippen molar-refractivity contribution in [3.05, 3.63) is 64.2 Å². The van der Waals surface area contributed by atoms with Crippen molar-refractivity contribution >= 4 is 29.1 Å². The van der Waals surface area contributed by atoms with Crippen molar-refractivity contribution in [2.75, 3.05) is 11.4 Å². The maximum absolute atomic E-state index is 12.7. The summed E-state index contributed by atoms with van der Waals surface area (Å²) in [5.41, 5.74) is 0.583. The third-order valence-corrected chi connectivity index (χ3v) is 4.96. The molecule has 4 nitrogen and oxygen atoms in total. The molecule has 1 atom stereocenters. The quantitative estimate of drug-likeness (QED) is 0.773. The van der Waals surface area contributed by atoms with E-state index in [9.17, 15) is 22.8 Å². The molecule has 2 aromatic carbocycles. The average Bonchev–Trinajstić information content (AvgIpc) is 3.06. The molecule has 0 bridgehead atoms. The van der Waals surface area contributed by atoms with Gasteiger partial charge in [0, 0.05) is 18.7 Å². The second kappa shape index (κ2) is 7.83. The van der Waals surface area contributed by atoms with Crippen LogP contribution in [0.2, 0.25) is 5.02 Å². The van der Waals surface area contributed by atoms with Gasteiger partial charge in [0.1, 0.15) is 0 Å². The van der Waals surface area contributed by atoms with E-state index in [4.69, 9.17) is 11.6 Å². The van der Waals surface area contributed by atoms with Crippen molar-refractivity contribution in [3.8, 4) is 0 Å². The van der Waals surface area contributed by atoms with Gasteiger partial charge in [0.15, 0.2) is 0 Å². The molecule has 2 amide bonds. The molecule has 1 aliphatic rings. The Morgan fingerprint density at radius 2 is 1.96 bits per heavy atom. The van der Waals surface area contributed by atoms with Crippen LogP contribution in [-0.4, -0.2) is 18.4 Å². The molecule has 1 aliphatic heterocycles. The van der Waals surface area contributed by atoms with Crippen molar-refractivity contribution in [2.24, 2.45) is 0 Å². The Balaban J connectivity index is 1.75. The highest BCUT2D eigenvalue weighted by molar-refractivity contribution is 6.33. The number of amides is 2. The van der Waals surface area contributed by atoms with Crippen LogP contribution in [0.5, 0.6) is 0 Å². The molecule has 1 N–H and O–H groups in total. The second-order valence-electron chi connectivity index (χ2n) is 6.63. The van der Waals surface area contributed by atoms with Crippen LogP contribution in [0.4, 0.5) is 18.9 Å². The van der Waals surface area contributed by atoms with Gasteiger partial charge in [-0.25, -0.2) is 0 Å². The van der Waals surface area contributed by atoms with Crippen LogP contribution >= 0.6 is 11.6 Å². The van der Waals surface area contributed by atoms with Gasteiger partial charge in [-0.1, -0.05) is 23.7 Å². The average molecular weight is 411 g/mol. The van der Waals surface area contributed by atoms with Gasteiger partial charge >= 0.3 is 6.18 Å². The number of carbonyl (C=O) groups is 2. The number of hydrogen-bond donors (Lipinski definition) is 1. The van der Waals surface area contributed by atoms with E-state index in [0.717, 1.165) is 35.9 Å². The van der Waals surface area contributed by atoms with Crippen molar-refractivity contribution in [1.82, 2.24) is 5.32 Å². The monoisotopic (exact) mass is 410 g/mol. The number of carbonyl (C=O) groups excluding carboxylic acids is 2. The fraction of sp³-hybridized carbons (Fsp3) is 0.300. The highest BCUT2D eigenvalue weighted by Crippen LogP contribution is 2.32. The number of benzene rings is 2. The number of rotatable bonds is 4. The topological polar surface area (TPSA) is 49.4 Å². The van der Waals surface area contributed by atoms with E-state index in [0.29, 0.717) is 13.0 Å². The van der Waals surface area contributed by atoms with Crippen LogP contribution in [0.25, 0.3) is 0 Å². The molecule has 1 heterocycles. The highest BCUT2D eigenvalue weighted by Gasteiger charge is 2.31. The Hall–Kier alpha value is -2.54. The van der Waals surface area contributed by atoms with Crippen LogP contribution in [-0.2, 0) is 11.0 Å². The maximum Gasteiger partial charge on any atom is 0.416 e. The SMILES string of the molecule is CC(NC(=O)c1ccc(C(F)(F)F)cc1Cl)c1cccc(N2CCCC2=O)c1. The molecule has 1 fully saturated rings. The van der Waals surface area contributed by atoms with Crippen LogP contribution in [0, 0.1) is 0 Å². The summed E-state index contributed by atoms with van der Waals surface area (Å²) in [6, 6.07) is 9.45. The first-order chi connectivity index (χ1) is 13.2. The van der Waals surface area contributed by atoms with E-state index in [1.807, 2.05) is 18.2 Å². The molecule has 0 spiro atoms. The summed E-state index contributed by atoms with van der Waals surface area (Å²) < 4.78 is 38.2. The first-order valence-electron chi connectivity index (χ1n) is 8.75. The molecule has 2 aromatic rings. The summed E-state index contributed by atoms with van der Waals surface area (Å²) in [6.45, 7) is 2.41. The summed E-state index contributed by atoms with van der Waals surface area (Å²) in [5.74, 6) is -0.515. The van der Waals surface area contributed by atoms with Gasteiger partial charge in [0.2, 0.25) is 5.91 Å². The summed E-state index contributed by atoms with van der Waals surface area (Å²) in [4.78, 5) is 26.1. The van der Waals surface area contributed by atoms with Crippen molar-refractivity contribution < 1.29 is 22.8 Å². The number of hydrogen-bond acceptors (Lipinski definition) is 2. The Morgan fingerprint density at radius 1 is 1.21 bits per heavy atom. The lowest BCUT2D eigenvalue weighted by molar-refractivity contribution is -0.137. The van der Waals surface area contributed by atoms with E-state index >= 15 is 0 Å². The molecule has 1 unspecified atom stereocenters. The fourth-order valence-corrected chi connectivity index (χ4v) is 3.38. The predicted molar refractivity (Wildman–Crippen MR) is 100 cm³/mol. The molecule has 0 aromatic heterocycles. The largest absolute Gasteiger partial charge is 0.416 e. The van der Waals surface area contributed by atoms with Crippen LogP contribution in [0.15, 0.2) is 42.5 Å². The first kappa shape index (κ1) is 20.2. The number of anilines is 1. The third-order valence-electron chi connectivity index (χ3n) is 4.64. The number of alkyl halides is 3. The predicted octanol–water partition coefficient (Wildman–Crippen LogP) is 4.98. The first-order valence-corrected chi connectivity index (χ1v) is 9.12. The highest BCUT2D eigenvalue weighted by atomic mass is 35.5. The van der Waals surface area contributed by atoms with Gasteiger partial charge in [0.05, 0.1) is 22.2 Å². The normalized spacial score (nSPS) is 15.6. The molecular weight excluding hydrogens is 393 g/mol. The van der Waals surface area contributed by atoms with Crippen LogP contribution < -0.4 is 10.2 Å². The van der Waals surface area contributed by atoms with Crippen molar-refractivity contribution in [2.45, 2.75) is 32.0 Å². The van der Waals surface area contributed by atoms with E-state index < -0.39 is 23.7 Å².